The molecule has 0 fully saturated rings. The summed E-state index contributed by atoms with van der Waals surface area (Å²) in [5, 5.41) is 7.99. The minimum absolute atomic E-state index is 0.185. The second kappa shape index (κ2) is 6.06. The summed E-state index contributed by atoms with van der Waals surface area (Å²) in [5.74, 6) is 1.05. The van der Waals surface area contributed by atoms with E-state index in [0.29, 0.717) is 23.9 Å². The van der Waals surface area contributed by atoms with Gasteiger partial charge in [0.1, 0.15) is 10.3 Å². The highest BCUT2D eigenvalue weighted by Gasteiger charge is 2.11. The molecule has 0 aromatic carbocycles. The molecule has 1 atom stereocenters. The summed E-state index contributed by atoms with van der Waals surface area (Å²) in [6, 6.07) is 5.74. The molecule has 2 N–H and O–H groups in total. The Kier molecular flexibility index (Phi) is 4.43. The Morgan fingerprint density at radius 3 is 2.94 bits per heavy atom. The van der Waals surface area contributed by atoms with Gasteiger partial charge in [0.2, 0.25) is 5.89 Å². The van der Waals surface area contributed by atoms with Crippen molar-refractivity contribution in [3.05, 3.63) is 28.7 Å². The number of nitrogens with zero attached hydrogens (tertiary/aromatic N) is 3. The van der Waals surface area contributed by atoms with Gasteiger partial charge in [0.05, 0.1) is 0 Å². The van der Waals surface area contributed by atoms with Gasteiger partial charge in [0.25, 0.3) is 5.89 Å². The maximum atomic E-state index is 5.85. The van der Waals surface area contributed by atoms with Crippen molar-refractivity contribution in [1.29, 1.82) is 0 Å². The zero-order chi connectivity index (χ0) is 13.0. The van der Waals surface area contributed by atoms with Gasteiger partial charge >= 0.3 is 0 Å². The average molecular weight is 311 g/mol. The fourth-order valence-electron chi connectivity index (χ4n) is 1.50. The first-order chi connectivity index (χ1) is 8.69. The van der Waals surface area contributed by atoms with E-state index in [0.717, 1.165) is 17.4 Å². The predicted molar refractivity (Wildman–Crippen MR) is 71.8 cm³/mol. The molecular weight excluding hydrogens is 296 g/mol. The molecule has 0 unspecified atom stereocenters. The number of nitrogens with two attached hydrogens (primary N) is 1. The van der Waals surface area contributed by atoms with Crippen molar-refractivity contribution in [1.82, 2.24) is 15.2 Å². The molecule has 0 radical (unpaired) electrons. The van der Waals surface area contributed by atoms with Crippen LogP contribution in [0.2, 0.25) is 0 Å². The van der Waals surface area contributed by atoms with E-state index in [1.54, 1.807) is 0 Å². The summed E-state index contributed by atoms with van der Waals surface area (Å²) in [6.07, 6.45) is 2.51. The quantitative estimate of drug-likeness (QED) is 0.859. The van der Waals surface area contributed by atoms with Gasteiger partial charge in [-0.2, -0.15) is 0 Å². The zero-order valence-electron chi connectivity index (χ0n) is 10.1. The van der Waals surface area contributed by atoms with Crippen LogP contribution in [-0.2, 0) is 6.42 Å². The third-order valence-corrected chi connectivity index (χ3v) is 3.10. The van der Waals surface area contributed by atoms with Crippen LogP contribution in [0.1, 0.15) is 25.7 Å². The van der Waals surface area contributed by atoms with Crippen LogP contribution in [0.15, 0.2) is 27.2 Å². The van der Waals surface area contributed by atoms with Gasteiger partial charge in [0, 0.05) is 12.5 Å². The largest absolute Gasteiger partial charge is 0.419 e. The molecular formula is C12H15BrN4O. The number of pyridine rings is 1. The number of rotatable bonds is 5. The van der Waals surface area contributed by atoms with Crippen LogP contribution in [0.25, 0.3) is 11.6 Å². The maximum Gasteiger partial charge on any atom is 0.266 e. The van der Waals surface area contributed by atoms with Gasteiger partial charge in [0.15, 0.2) is 0 Å². The van der Waals surface area contributed by atoms with Gasteiger partial charge in [-0.05, 0) is 40.9 Å². The lowest BCUT2D eigenvalue weighted by molar-refractivity contribution is 0.475. The summed E-state index contributed by atoms with van der Waals surface area (Å²) >= 11 is 3.31. The molecule has 0 aliphatic carbocycles. The lowest BCUT2D eigenvalue weighted by Crippen LogP contribution is -2.19. The van der Waals surface area contributed by atoms with Crippen molar-refractivity contribution in [2.45, 2.75) is 32.2 Å². The van der Waals surface area contributed by atoms with Crippen LogP contribution in [0, 0.1) is 0 Å². The van der Waals surface area contributed by atoms with E-state index in [1.165, 1.54) is 0 Å². The van der Waals surface area contributed by atoms with Crippen molar-refractivity contribution in [2.24, 2.45) is 5.73 Å². The summed E-state index contributed by atoms with van der Waals surface area (Å²) in [7, 11) is 0. The van der Waals surface area contributed by atoms with Crippen LogP contribution < -0.4 is 5.73 Å². The van der Waals surface area contributed by atoms with Crippen molar-refractivity contribution in [3.63, 3.8) is 0 Å². The molecule has 18 heavy (non-hydrogen) atoms. The molecule has 96 valence electrons. The van der Waals surface area contributed by atoms with E-state index in [9.17, 15) is 0 Å². The third kappa shape index (κ3) is 3.36. The smallest absolute Gasteiger partial charge is 0.266 e. The Bertz CT molecular complexity index is 514. The first kappa shape index (κ1) is 13.2. The van der Waals surface area contributed by atoms with Gasteiger partial charge in [-0.15, -0.1) is 10.2 Å². The minimum atomic E-state index is 0.185. The second-order valence-corrected chi connectivity index (χ2v) is 4.87. The molecule has 2 aromatic rings. The number of hydrogen-bond donors (Lipinski definition) is 1. The molecule has 0 spiro atoms. The fraction of sp³-hybridized carbons (Fsp3) is 0.417. The van der Waals surface area contributed by atoms with E-state index < -0.39 is 0 Å². The van der Waals surface area contributed by atoms with Crippen molar-refractivity contribution in [2.75, 3.05) is 0 Å². The lowest BCUT2D eigenvalue weighted by atomic mass is 10.1. The van der Waals surface area contributed by atoms with E-state index in [-0.39, 0.29) is 6.04 Å². The topological polar surface area (TPSA) is 77.8 Å². The van der Waals surface area contributed by atoms with E-state index in [1.807, 2.05) is 18.2 Å². The molecule has 0 bridgehead atoms. The van der Waals surface area contributed by atoms with Gasteiger partial charge in [-0.1, -0.05) is 13.0 Å². The van der Waals surface area contributed by atoms with Crippen LogP contribution in [0.3, 0.4) is 0 Å². The highest BCUT2D eigenvalue weighted by Crippen LogP contribution is 2.18. The first-order valence-electron chi connectivity index (χ1n) is 5.90. The third-order valence-electron chi connectivity index (χ3n) is 2.65. The van der Waals surface area contributed by atoms with Gasteiger partial charge in [-0.3, -0.25) is 0 Å². The van der Waals surface area contributed by atoms with Gasteiger partial charge in [-0.25, -0.2) is 4.98 Å². The molecule has 2 heterocycles. The standard InChI is InChI=1S/C12H15BrN4O/c1-2-8(14)6-7-11-16-17-12(18-11)9-4-3-5-10(13)15-9/h3-5,8H,2,6-7,14H2,1H3/t8-/m0/s1. The summed E-state index contributed by atoms with van der Waals surface area (Å²) in [6.45, 7) is 2.06. The molecule has 6 heteroatoms. The minimum Gasteiger partial charge on any atom is -0.419 e. The Morgan fingerprint density at radius 2 is 2.22 bits per heavy atom. The van der Waals surface area contributed by atoms with E-state index in [2.05, 4.69) is 38.0 Å². The second-order valence-electron chi connectivity index (χ2n) is 4.05. The summed E-state index contributed by atoms with van der Waals surface area (Å²) in [4.78, 5) is 4.26. The Morgan fingerprint density at radius 1 is 1.39 bits per heavy atom. The molecule has 0 amide bonds. The molecule has 0 saturated heterocycles. The highest BCUT2D eigenvalue weighted by atomic mass is 79.9. The lowest BCUT2D eigenvalue weighted by Gasteiger charge is -2.04. The Balaban J connectivity index is 2.06. The molecule has 5 nitrogen and oxygen atoms in total. The Labute approximate surface area is 114 Å². The number of hydrogen-bond acceptors (Lipinski definition) is 5. The summed E-state index contributed by atoms with van der Waals surface area (Å²) < 4.78 is 6.30. The van der Waals surface area contributed by atoms with Crippen LogP contribution in [-0.4, -0.2) is 21.2 Å². The molecule has 0 aliphatic rings. The molecule has 0 aliphatic heterocycles. The van der Waals surface area contributed by atoms with Crippen LogP contribution in [0.4, 0.5) is 0 Å². The predicted octanol–water partition coefficient (Wildman–Crippen LogP) is 2.56. The maximum absolute atomic E-state index is 5.85. The van der Waals surface area contributed by atoms with Crippen molar-refractivity contribution < 1.29 is 4.42 Å². The average Bonchev–Trinajstić information content (AvgIpc) is 2.84. The van der Waals surface area contributed by atoms with Crippen molar-refractivity contribution >= 4 is 15.9 Å². The molecule has 2 aromatic heterocycles. The normalized spacial score (nSPS) is 12.6. The summed E-state index contributed by atoms with van der Waals surface area (Å²) in [5.41, 5.74) is 6.52. The van der Waals surface area contributed by atoms with Crippen LogP contribution in [0.5, 0.6) is 0 Å². The first-order valence-corrected chi connectivity index (χ1v) is 6.69. The molecule has 2 rings (SSSR count). The monoisotopic (exact) mass is 310 g/mol. The van der Waals surface area contributed by atoms with E-state index >= 15 is 0 Å². The SMILES string of the molecule is CC[C@H](N)CCc1nnc(-c2cccc(Br)n2)o1. The van der Waals surface area contributed by atoms with Crippen molar-refractivity contribution in [3.8, 4) is 11.6 Å². The Hall–Kier alpha value is -1.27. The highest BCUT2D eigenvalue weighted by molar-refractivity contribution is 9.10. The number of aromatic nitrogens is 3. The number of halogens is 1. The van der Waals surface area contributed by atoms with E-state index in [4.69, 9.17) is 10.2 Å². The van der Waals surface area contributed by atoms with Crippen LogP contribution >= 0.6 is 15.9 Å². The number of aryl methyl sites for hydroxylation is 1. The zero-order valence-corrected chi connectivity index (χ0v) is 11.7. The molecule has 0 saturated carbocycles. The van der Waals surface area contributed by atoms with Gasteiger partial charge < -0.3 is 10.2 Å². The fourth-order valence-corrected chi connectivity index (χ4v) is 1.84.